The first-order valence-electron chi connectivity index (χ1n) is 9.64. The van der Waals surface area contributed by atoms with E-state index < -0.39 is 0 Å². The Morgan fingerprint density at radius 3 is 2.33 bits per heavy atom. The fraction of sp³-hybridized carbons (Fsp3) is 0.120. The molecule has 30 heavy (non-hydrogen) atoms. The van der Waals surface area contributed by atoms with Crippen molar-refractivity contribution in [3.63, 3.8) is 0 Å². The van der Waals surface area contributed by atoms with Crippen LogP contribution in [0.2, 0.25) is 0 Å². The van der Waals surface area contributed by atoms with Crippen LogP contribution in [0.25, 0.3) is 16.5 Å². The number of carbonyl (C=O) groups excluding carboxylic acids is 1. The third-order valence-electron chi connectivity index (χ3n) is 5.31. The van der Waals surface area contributed by atoms with Crippen LogP contribution in [0.15, 0.2) is 76.1 Å². The zero-order chi connectivity index (χ0) is 21.4. The van der Waals surface area contributed by atoms with Gasteiger partial charge in [0.15, 0.2) is 0 Å². The minimum absolute atomic E-state index is 0.151. The molecule has 0 bridgehead atoms. The summed E-state index contributed by atoms with van der Waals surface area (Å²) in [5.74, 6) is -0.270. The molecule has 0 atom stereocenters. The summed E-state index contributed by atoms with van der Waals surface area (Å²) in [5, 5.41) is 4.10. The number of aromatic nitrogens is 1. The predicted molar refractivity (Wildman–Crippen MR) is 126 cm³/mol. The minimum atomic E-state index is -0.270. The van der Waals surface area contributed by atoms with E-state index in [4.69, 9.17) is 0 Å². The summed E-state index contributed by atoms with van der Waals surface area (Å²) in [5.41, 5.74) is 5.03. The lowest BCUT2D eigenvalue weighted by atomic mass is 10.1. The number of hydrogen-bond acceptors (Lipinski definition) is 2. The molecule has 0 aliphatic carbocycles. The summed E-state index contributed by atoms with van der Waals surface area (Å²) in [4.78, 5) is 26.4. The van der Waals surface area contributed by atoms with Gasteiger partial charge in [0, 0.05) is 27.1 Å². The van der Waals surface area contributed by atoms with Crippen LogP contribution in [0.1, 0.15) is 27.0 Å². The van der Waals surface area contributed by atoms with Crippen LogP contribution >= 0.6 is 15.9 Å². The van der Waals surface area contributed by atoms with Gasteiger partial charge >= 0.3 is 0 Å². The Bertz CT molecular complexity index is 1360. The molecule has 0 unspecified atom stereocenters. The molecule has 0 radical (unpaired) electrons. The van der Waals surface area contributed by atoms with Gasteiger partial charge in [0.2, 0.25) is 0 Å². The van der Waals surface area contributed by atoms with Gasteiger partial charge < -0.3 is 5.32 Å². The highest BCUT2D eigenvalue weighted by molar-refractivity contribution is 9.10. The van der Waals surface area contributed by atoms with E-state index >= 15 is 0 Å². The summed E-state index contributed by atoms with van der Waals surface area (Å²) >= 11 is 3.51. The number of nitrogens with zero attached hydrogens (tertiary/aromatic N) is 1. The summed E-state index contributed by atoms with van der Waals surface area (Å²) < 4.78 is 2.36. The third kappa shape index (κ3) is 3.68. The van der Waals surface area contributed by atoms with Crippen molar-refractivity contribution < 1.29 is 4.79 Å². The van der Waals surface area contributed by atoms with Crippen LogP contribution in [0.3, 0.4) is 0 Å². The Morgan fingerprint density at radius 1 is 0.900 bits per heavy atom. The first-order valence-corrected chi connectivity index (χ1v) is 10.4. The molecule has 1 heterocycles. The average molecular weight is 461 g/mol. The van der Waals surface area contributed by atoms with Crippen molar-refractivity contribution in [1.29, 1.82) is 0 Å². The van der Waals surface area contributed by atoms with Gasteiger partial charge in [-0.05, 0) is 83.7 Å². The molecule has 0 spiro atoms. The fourth-order valence-electron chi connectivity index (χ4n) is 3.45. The molecule has 5 heteroatoms. The highest BCUT2D eigenvalue weighted by atomic mass is 79.9. The first kappa shape index (κ1) is 20.1. The lowest BCUT2D eigenvalue weighted by Crippen LogP contribution is -2.23. The second-order valence-corrected chi connectivity index (χ2v) is 8.32. The summed E-state index contributed by atoms with van der Waals surface area (Å²) in [6.07, 6.45) is 1.63. The number of carbonyl (C=O) groups is 1. The lowest BCUT2D eigenvalue weighted by molar-refractivity contribution is 0.102. The maximum absolute atomic E-state index is 13.2. The van der Waals surface area contributed by atoms with Gasteiger partial charge in [-0.15, -0.1) is 0 Å². The monoisotopic (exact) mass is 460 g/mol. The molecule has 0 fully saturated rings. The molecule has 4 aromatic rings. The largest absolute Gasteiger partial charge is 0.321 e. The van der Waals surface area contributed by atoms with Gasteiger partial charge in [0.25, 0.3) is 11.5 Å². The van der Waals surface area contributed by atoms with Crippen LogP contribution < -0.4 is 10.9 Å². The molecule has 4 rings (SSSR count). The average Bonchev–Trinajstić information content (AvgIpc) is 2.72. The van der Waals surface area contributed by atoms with E-state index in [0.717, 1.165) is 26.9 Å². The molecule has 1 N–H and O–H groups in total. The molecule has 1 aromatic heterocycles. The predicted octanol–water partition coefficient (Wildman–Crippen LogP) is 5.93. The molecule has 150 valence electrons. The number of pyridine rings is 1. The maximum Gasteiger partial charge on any atom is 0.262 e. The Morgan fingerprint density at radius 2 is 1.63 bits per heavy atom. The Labute approximate surface area is 183 Å². The smallest absolute Gasteiger partial charge is 0.262 e. The van der Waals surface area contributed by atoms with E-state index in [1.165, 1.54) is 0 Å². The molecule has 3 aromatic carbocycles. The maximum atomic E-state index is 13.2. The van der Waals surface area contributed by atoms with Crippen LogP contribution in [0.4, 0.5) is 5.69 Å². The second-order valence-electron chi connectivity index (χ2n) is 7.47. The Balaban J connectivity index is 1.88. The quantitative estimate of drug-likeness (QED) is 0.411. The van der Waals surface area contributed by atoms with Crippen LogP contribution in [-0.4, -0.2) is 10.5 Å². The molecule has 0 aliphatic heterocycles. The van der Waals surface area contributed by atoms with Crippen molar-refractivity contribution >= 4 is 38.3 Å². The van der Waals surface area contributed by atoms with Crippen molar-refractivity contribution in [2.45, 2.75) is 20.8 Å². The number of amides is 1. The fourth-order valence-corrected chi connectivity index (χ4v) is 4.04. The van der Waals surface area contributed by atoms with Crippen molar-refractivity contribution in [3.05, 3.63) is 104 Å². The van der Waals surface area contributed by atoms with Gasteiger partial charge in [-0.25, -0.2) is 0 Å². The third-order valence-corrected chi connectivity index (χ3v) is 5.97. The van der Waals surface area contributed by atoms with Crippen LogP contribution in [0, 0.1) is 20.8 Å². The zero-order valence-corrected chi connectivity index (χ0v) is 18.6. The first-order chi connectivity index (χ1) is 14.3. The van der Waals surface area contributed by atoms with Crippen LogP contribution in [0.5, 0.6) is 0 Å². The van der Waals surface area contributed by atoms with Crippen molar-refractivity contribution in [3.8, 4) is 5.69 Å². The van der Waals surface area contributed by atoms with Crippen molar-refractivity contribution in [1.82, 2.24) is 4.57 Å². The lowest BCUT2D eigenvalue weighted by Gasteiger charge is -2.14. The Kier molecular flexibility index (Phi) is 5.31. The van der Waals surface area contributed by atoms with Crippen molar-refractivity contribution in [2.75, 3.05) is 5.32 Å². The van der Waals surface area contributed by atoms with E-state index in [9.17, 15) is 9.59 Å². The SMILES string of the molecule is Cc1ccc(NC(=O)c2cn(-c3ccc(C)c(C)c3)c(=O)c3ccccc23)c(Br)c1. The molecular formula is C25H21BrN2O2. The number of nitrogens with one attached hydrogen (secondary N) is 1. The van der Waals surface area contributed by atoms with Crippen molar-refractivity contribution in [2.24, 2.45) is 0 Å². The highest BCUT2D eigenvalue weighted by Gasteiger charge is 2.17. The van der Waals surface area contributed by atoms with Gasteiger partial charge in [0.1, 0.15) is 0 Å². The van der Waals surface area contributed by atoms with Crippen LogP contribution in [-0.2, 0) is 0 Å². The normalized spacial score (nSPS) is 10.9. The highest BCUT2D eigenvalue weighted by Crippen LogP contribution is 2.25. The van der Waals surface area contributed by atoms with E-state index in [2.05, 4.69) is 21.2 Å². The van der Waals surface area contributed by atoms with Gasteiger partial charge in [0.05, 0.1) is 11.3 Å². The van der Waals surface area contributed by atoms with Gasteiger partial charge in [-0.3, -0.25) is 14.2 Å². The molecule has 4 nitrogen and oxygen atoms in total. The molecular weight excluding hydrogens is 440 g/mol. The summed E-state index contributed by atoms with van der Waals surface area (Å²) in [6, 6.07) is 18.8. The molecule has 0 saturated carbocycles. The Hall–Kier alpha value is -3.18. The zero-order valence-electron chi connectivity index (χ0n) is 17.0. The topological polar surface area (TPSA) is 51.1 Å². The summed E-state index contributed by atoms with van der Waals surface area (Å²) in [6.45, 7) is 6.03. The standard InChI is InChI=1S/C25H21BrN2O2/c1-15-8-11-23(22(26)12-15)27-24(29)21-14-28(18-10-9-16(2)17(3)13-18)25(30)20-7-5-4-6-19(20)21/h4-14H,1-3H3,(H,27,29). The van der Waals surface area contributed by atoms with E-state index in [-0.39, 0.29) is 11.5 Å². The van der Waals surface area contributed by atoms with E-state index in [1.807, 2.05) is 69.3 Å². The molecule has 0 aliphatic rings. The van der Waals surface area contributed by atoms with E-state index in [1.54, 1.807) is 22.9 Å². The number of hydrogen-bond donors (Lipinski definition) is 1. The number of halogens is 1. The summed E-state index contributed by atoms with van der Waals surface area (Å²) in [7, 11) is 0. The van der Waals surface area contributed by atoms with Gasteiger partial charge in [-0.2, -0.15) is 0 Å². The van der Waals surface area contributed by atoms with Gasteiger partial charge in [-0.1, -0.05) is 30.3 Å². The molecule has 1 amide bonds. The number of aryl methyl sites for hydroxylation is 3. The number of benzene rings is 3. The second kappa shape index (κ2) is 7.92. The van der Waals surface area contributed by atoms with E-state index in [0.29, 0.717) is 22.0 Å². The number of fused-ring (bicyclic) bond motifs is 1. The molecule has 0 saturated heterocycles. The number of rotatable bonds is 3. The number of anilines is 1. The minimum Gasteiger partial charge on any atom is -0.321 e.